The minimum atomic E-state index is -0.619. The lowest BCUT2D eigenvalue weighted by molar-refractivity contribution is -0.134. The highest BCUT2D eigenvalue weighted by molar-refractivity contribution is 14.1. The molecule has 0 saturated carbocycles. The maximum absolute atomic E-state index is 12.3. The number of hydrogen-bond donors (Lipinski definition) is 0. The molecule has 0 fully saturated rings. The first kappa shape index (κ1) is 21.6. The second-order valence-electron chi connectivity index (χ2n) is 5.82. The van der Waals surface area contributed by atoms with Crippen LogP contribution in [-0.4, -0.2) is 24.9 Å². The Morgan fingerprint density at radius 1 is 1.24 bits per heavy atom. The van der Waals surface area contributed by atoms with Gasteiger partial charge in [0, 0.05) is 9.99 Å². The van der Waals surface area contributed by atoms with Gasteiger partial charge in [0.15, 0.2) is 17.2 Å². The Morgan fingerprint density at radius 2 is 2.00 bits per heavy atom. The molecule has 1 aliphatic rings. The van der Waals surface area contributed by atoms with E-state index in [2.05, 4.69) is 27.6 Å². The Bertz CT molecular complexity index is 1070. The summed E-state index contributed by atoms with van der Waals surface area (Å²) < 4.78 is 16.7. The van der Waals surface area contributed by atoms with Crippen molar-refractivity contribution in [1.82, 2.24) is 0 Å². The van der Waals surface area contributed by atoms with Crippen LogP contribution in [-0.2, 0) is 14.3 Å². The third-order valence-electron chi connectivity index (χ3n) is 3.84. The van der Waals surface area contributed by atoms with E-state index in [9.17, 15) is 9.59 Å². The molecule has 0 aromatic heterocycles. The number of aliphatic imine (C=N–C) groups is 1. The van der Waals surface area contributed by atoms with Crippen LogP contribution in [0.15, 0.2) is 41.0 Å². The van der Waals surface area contributed by atoms with E-state index in [0.29, 0.717) is 16.1 Å². The fourth-order valence-corrected chi connectivity index (χ4v) is 3.40. The van der Waals surface area contributed by atoms with Crippen LogP contribution >= 0.6 is 45.8 Å². The van der Waals surface area contributed by atoms with E-state index >= 15 is 0 Å². The summed E-state index contributed by atoms with van der Waals surface area (Å²) in [5.41, 5.74) is 1.12. The summed E-state index contributed by atoms with van der Waals surface area (Å²) in [6.07, 6.45) is 1.69. The molecule has 0 N–H and O–H groups in total. The first-order valence-electron chi connectivity index (χ1n) is 8.38. The van der Waals surface area contributed by atoms with Crippen molar-refractivity contribution in [3.8, 4) is 11.5 Å². The van der Waals surface area contributed by atoms with E-state index in [0.717, 1.165) is 3.57 Å². The normalized spacial score (nSPS) is 14.6. The SMILES string of the molecule is CCC(=O)Oc1c(Cl)cc(/C=C2\N=C(c3cc(I)ccc3Cl)OC2=O)cc1OC. The number of cyclic esters (lactones) is 1. The molecular weight excluding hydrogens is 532 g/mol. The zero-order valence-corrected chi connectivity index (χ0v) is 19.0. The number of rotatable bonds is 5. The lowest BCUT2D eigenvalue weighted by Crippen LogP contribution is -2.07. The van der Waals surface area contributed by atoms with Crippen LogP contribution in [0.5, 0.6) is 11.5 Å². The van der Waals surface area contributed by atoms with Gasteiger partial charge in [-0.3, -0.25) is 4.79 Å². The molecule has 6 nitrogen and oxygen atoms in total. The summed E-state index contributed by atoms with van der Waals surface area (Å²) in [7, 11) is 1.42. The van der Waals surface area contributed by atoms with Gasteiger partial charge in [-0.25, -0.2) is 9.79 Å². The van der Waals surface area contributed by atoms with Crippen molar-refractivity contribution >= 4 is 69.7 Å². The van der Waals surface area contributed by atoms with Crippen molar-refractivity contribution in [2.45, 2.75) is 13.3 Å². The zero-order valence-electron chi connectivity index (χ0n) is 15.3. The number of ether oxygens (including phenoxy) is 3. The number of benzene rings is 2. The molecule has 0 atom stereocenters. The maximum Gasteiger partial charge on any atom is 0.363 e. The van der Waals surface area contributed by atoms with E-state index in [1.807, 2.05) is 6.07 Å². The number of nitrogens with zero attached hydrogens (tertiary/aromatic N) is 1. The van der Waals surface area contributed by atoms with Crippen molar-refractivity contribution in [3.63, 3.8) is 0 Å². The van der Waals surface area contributed by atoms with Gasteiger partial charge in [0.2, 0.25) is 5.90 Å². The molecule has 2 aromatic rings. The predicted molar refractivity (Wildman–Crippen MR) is 119 cm³/mol. The Hall–Kier alpha value is -2.10. The largest absolute Gasteiger partial charge is 0.493 e. The summed E-state index contributed by atoms with van der Waals surface area (Å²) in [4.78, 5) is 28.1. The summed E-state index contributed by atoms with van der Waals surface area (Å²) in [6, 6.07) is 8.43. The van der Waals surface area contributed by atoms with Crippen molar-refractivity contribution < 1.29 is 23.8 Å². The Labute approximate surface area is 190 Å². The van der Waals surface area contributed by atoms with E-state index in [-0.39, 0.29) is 34.5 Å². The van der Waals surface area contributed by atoms with Gasteiger partial charge >= 0.3 is 11.9 Å². The van der Waals surface area contributed by atoms with Gasteiger partial charge in [-0.05, 0) is 64.6 Å². The number of hydrogen-bond acceptors (Lipinski definition) is 6. The molecule has 0 aliphatic carbocycles. The van der Waals surface area contributed by atoms with E-state index in [1.165, 1.54) is 19.3 Å². The molecule has 0 spiro atoms. The number of methoxy groups -OCH3 is 1. The van der Waals surface area contributed by atoms with Gasteiger partial charge in [0.1, 0.15) is 0 Å². The topological polar surface area (TPSA) is 74.2 Å². The smallest absolute Gasteiger partial charge is 0.363 e. The van der Waals surface area contributed by atoms with E-state index in [1.54, 1.807) is 25.1 Å². The Kier molecular flexibility index (Phi) is 6.81. The number of esters is 2. The van der Waals surface area contributed by atoms with Crippen LogP contribution in [0.3, 0.4) is 0 Å². The molecule has 1 aliphatic heterocycles. The van der Waals surface area contributed by atoms with Crippen LogP contribution in [0.25, 0.3) is 6.08 Å². The molecular formula is C20H14Cl2INO5. The minimum absolute atomic E-state index is 0.0753. The van der Waals surface area contributed by atoms with Gasteiger partial charge in [-0.2, -0.15) is 0 Å². The lowest BCUT2D eigenvalue weighted by Gasteiger charge is -2.11. The van der Waals surface area contributed by atoms with Crippen LogP contribution in [0, 0.1) is 3.57 Å². The minimum Gasteiger partial charge on any atom is -0.493 e. The molecule has 2 aromatic carbocycles. The molecule has 0 saturated heterocycles. The maximum atomic E-state index is 12.3. The second kappa shape index (κ2) is 9.15. The highest BCUT2D eigenvalue weighted by Crippen LogP contribution is 2.37. The zero-order chi connectivity index (χ0) is 21.1. The highest BCUT2D eigenvalue weighted by atomic mass is 127. The second-order valence-corrected chi connectivity index (χ2v) is 7.88. The number of halogens is 3. The van der Waals surface area contributed by atoms with Crippen molar-refractivity contribution in [2.24, 2.45) is 4.99 Å². The molecule has 0 unspecified atom stereocenters. The van der Waals surface area contributed by atoms with E-state index < -0.39 is 11.9 Å². The monoisotopic (exact) mass is 545 g/mol. The molecule has 29 heavy (non-hydrogen) atoms. The van der Waals surface area contributed by atoms with Gasteiger partial charge in [-0.1, -0.05) is 30.1 Å². The van der Waals surface area contributed by atoms with Gasteiger partial charge in [0.25, 0.3) is 0 Å². The highest BCUT2D eigenvalue weighted by Gasteiger charge is 2.26. The van der Waals surface area contributed by atoms with Gasteiger partial charge in [-0.15, -0.1) is 0 Å². The summed E-state index contributed by atoms with van der Waals surface area (Å²) >= 11 is 14.6. The third kappa shape index (κ3) is 4.91. The first-order valence-corrected chi connectivity index (χ1v) is 10.2. The number of carbonyl (C=O) groups is 2. The summed E-state index contributed by atoms with van der Waals surface area (Å²) in [6.45, 7) is 1.67. The standard InChI is InChI=1S/C20H14Cl2INO5/c1-3-17(25)28-18-14(22)6-10(8-16(18)27-2)7-15-20(26)29-19(24-15)12-9-11(23)4-5-13(12)21/h4-9H,3H2,1-2H3/b15-7-. The molecule has 9 heteroatoms. The van der Waals surface area contributed by atoms with Crippen LogP contribution in [0.4, 0.5) is 0 Å². The van der Waals surface area contributed by atoms with Crippen LogP contribution in [0.2, 0.25) is 10.0 Å². The lowest BCUT2D eigenvalue weighted by atomic mass is 10.1. The fourth-order valence-electron chi connectivity index (χ4n) is 2.45. The van der Waals surface area contributed by atoms with Crippen molar-refractivity contribution in [2.75, 3.05) is 7.11 Å². The first-order chi connectivity index (χ1) is 13.8. The van der Waals surface area contributed by atoms with Gasteiger partial charge in [0.05, 0.1) is 22.7 Å². The summed E-state index contributed by atoms with van der Waals surface area (Å²) in [5.74, 6) is -0.573. The molecule has 0 radical (unpaired) electrons. The molecule has 1 heterocycles. The van der Waals surface area contributed by atoms with Crippen molar-refractivity contribution in [1.29, 1.82) is 0 Å². The predicted octanol–water partition coefficient (Wildman–Crippen LogP) is 5.27. The molecule has 0 bridgehead atoms. The van der Waals surface area contributed by atoms with Crippen molar-refractivity contribution in [3.05, 3.63) is 60.8 Å². The number of carbonyl (C=O) groups excluding carboxylic acids is 2. The average molecular weight is 546 g/mol. The summed E-state index contributed by atoms with van der Waals surface area (Å²) in [5, 5.41) is 0.583. The third-order valence-corrected chi connectivity index (χ3v) is 5.12. The van der Waals surface area contributed by atoms with Crippen LogP contribution in [0.1, 0.15) is 24.5 Å². The average Bonchev–Trinajstić information content (AvgIpc) is 3.05. The molecule has 0 amide bonds. The quantitative estimate of drug-likeness (QED) is 0.221. The molecule has 150 valence electrons. The Balaban J connectivity index is 1.98. The molecule has 3 rings (SSSR count). The Morgan fingerprint density at radius 3 is 2.69 bits per heavy atom. The van der Waals surface area contributed by atoms with Crippen LogP contribution < -0.4 is 9.47 Å². The fraction of sp³-hybridized carbons (Fsp3) is 0.150. The van der Waals surface area contributed by atoms with Gasteiger partial charge < -0.3 is 14.2 Å². The van der Waals surface area contributed by atoms with E-state index in [4.69, 9.17) is 37.4 Å².